The van der Waals surface area contributed by atoms with Crippen LogP contribution in [0.15, 0.2) is 48.5 Å². The van der Waals surface area contributed by atoms with E-state index in [0.717, 1.165) is 55.4 Å². The van der Waals surface area contributed by atoms with E-state index in [1.54, 1.807) is 12.1 Å². The molecule has 40 heavy (non-hydrogen) atoms. The molecule has 7 nitrogen and oxygen atoms in total. The lowest BCUT2D eigenvalue weighted by Gasteiger charge is -2.53. The Morgan fingerprint density at radius 3 is 2.48 bits per heavy atom. The average Bonchev–Trinajstić information content (AvgIpc) is 3.55. The van der Waals surface area contributed by atoms with Crippen molar-refractivity contribution >= 4 is 0 Å². The van der Waals surface area contributed by atoms with Crippen LogP contribution in [-0.2, 0) is 16.9 Å². The molecule has 7 heteroatoms. The maximum Gasteiger partial charge on any atom is 0.121 e. The van der Waals surface area contributed by atoms with Crippen molar-refractivity contribution in [1.82, 2.24) is 5.32 Å². The first kappa shape index (κ1) is 29.5. The van der Waals surface area contributed by atoms with Gasteiger partial charge in [0.1, 0.15) is 24.0 Å². The second kappa shape index (κ2) is 13.3. The molecule has 220 valence electrons. The Bertz CT molecular complexity index is 1070. The molecular formula is C33H49N2O5+. The summed E-state index contributed by atoms with van der Waals surface area (Å²) >= 11 is 0. The first-order chi connectivity index (χ1) is 19.4. The zero-order valence-corrected chi connectivity index (χ0v) is 23.9. The van der Waals surface area contributed by atoms with Gasteiger partial charge in [-0.05, 0) is 61.4 Å². The van der Waals surface area contributed by atoms with Crippen molar-refractivity contribution in [3.05, 3.63) is 65.2 Å². The van der Waals surface area contributed by atoms with Crippen molar-refractivity contribution in [1.29, 1.82) is 0 Å². The van der Waals surface area contributed by atoms with Crippen LogP contribution in [0.3, 0.4) is 0 Å². The smallest absolute Gasteiger partial charge is 0.121 e. The number of unbranched alkanes of at least 4 members (excludes halogenated alkanes) is 1. The molecule has 3 heterocycles. The highest BCUT2D eigenvalue weighted by Gasteiger charge is 2.48. The summed E-state index contributed by atoms with van der Waals surface area (Å²) in [6.07, 6.45) is 8.70. The van der Waals surface area contributed by atoms with E-state index in [2.05, 4.69) is 17.4 Å². The molecule has 6 rings (SSSR count). The molecule has 0 spiro atoms. The summed E-state index contributed by atoms with van der Waals surface area (Å²) in [7, 11) is 0. The van der Waals surface area contributed by atoms with Gasteiger partial charge in [-0.2, -0.15) is 0 Å². The average molecular weight is 554 g/mol. The molecule has 4 fully saturated rings. The molecule has 0 amide bonds. The number of quaternary nitrogens is 1. The van der Waals surface area contributed by atoms with Crippen molar-refractivity contribution in [2.24, 2.45) is 11.8 Å². The van der Waals surface area contributed by atoms with Gasteiger partial charge in [0.05, 0.1) is 39.0 Å². The van der Waals surface area contributed by atoms with Crippen LogP contribution in [0.5, 0.6) is 5.75 Å². The third-order valence-corrected chi connectivity index (χ3v) is 10.1. The standard InChI is InChI=1S/C33H48N2O5/c36-23-27-20-26(12-13-30(27)37)31(38)21-34-16-6-7-17-35-18-14-25(15-19-35)32(22-35)40-24-33(39,29-10-4-5-11-29)28-8-2-1-3-9-28/h1-3,8-9,12-13,20,25,29,31-32,34,36,38-39H,4-7,10-11,14-19,21-24H2/p+1/t25?,31-,32-,33?,35?/m0/s1. The number of aliphatic hydroxyl groups excluding tert-OH is 2. The highest BCUT2D eigenvalue weighted by Crippen LogP contribution is 2.42. The maximum atomic E-state index is 11.9. The monoisotopic (exact) mass is 553 g/mol. The number of hydrogen-bond donors (Lipinski definition) is 5. The van der Waals surface area contributed by atoms with Crippen molar-refractivity contribution < 1.29 is 29.6 Å². The third-order valence-electron chi connectivity index (χ3n) is 10.1. The second-order valence-corrected chi connectivity index (χ2v) is 12.6. The number of nitrogens with zero attached hydrogens (tertiary/aromatic N) is 1. The van der Waals surface area contributed by atoms with Crippen LogP contribution in [0.25, 0.3) is 0 Å². The van der Waals surface area contributed by atoms with Crippen molar-refractivity contribution in [3.8, 4) is 5.75 Å². The van der Waals surface area contributed by atoms with Crippen LogP contribution in [0, 0.1) is 11.8 Å². The minimum atomic E-state index is -0.898. The van der Waals surface area contributed by atoms with Gasteiger partial charge in [0.25, 0.3) is 0 Å². The normalized spacial score (nSPS) is 27.1. The quantitative estimate of drug-likeness (QED) is 0.179. The van der Waals surface area contributed by atoms with Crippen LogP contribution in [0.4, 0.5) is 0 Å². The molecule has 2 bridgehead atoms. The van der Waals surface area contributed by atoms with E-state index < -0.39 is 11.7 Å². The molecule has 3 atom stereocenters. The number of aliphatic hydroxyl groups is 3. The number of phenols is 1. The van der Waals surface area contributed by atoms with Crippen LogP contribution in [0.2, 0.25) is 0 Å². The van der Waals surface area contributed by atoms with Gasteiger partial charge in [0.15, 0.2) is 0 Å². The maximum absolute atomic E-state index is 11.9. The van der Waals surface area contributed by atoms with Gasteiger partial charge in [-0.15, -0.1) is 0 Å². The first-order valence-electron chi connectivity index (χ1n) is 15.5. The predicted molar refractivity (Wildman–Crippen MR) is 156 cm³/mol. The predicted octanol–water partition coefficient (Wildman–Crippen LogP) is 3.99. The van der Waals surface area contributed by atoms with Gasteiger partial charge >= 0.3 is 0 Å². The SMILES string of the molecule is OCc1cc([C@@H](O)CNCCCC[N+]23CCC(CC2)[C@@H](OCC(O)(c2ccccc2)C2CCCC2)C3)ccc1O. The summed E-state index contributed by atoms with van der Waals surface area (Å²) in [6.45, 7) is 6.11. The molecule has 3 aliphatic heterocycles. The Labute approximate surface area is 239 Å². The van der Waals surface area contributed by atoms with E-state index in [1.807, 2.05) is 18.2 Å². The van der Waals surface area contributed by atoms with E-state index in [-0.39, 0.29) is 24.4 Å². The molecule has 1 unspecified atom stereocenters. The zero-order valence-electron chi connectivity index (χ0n) is 23.9. The molecule has 0 radical (unpaired) electrons. The number of ether oxygens (including phenoxy) is 1. The van der Waals surface area contributed by atoms with E-state index in [1.165, 1.54) is 44.8 Å². The fourth-order valence-corrected chi connectivity index (χ4v) is 7.52. The summed E-state index contributed by atoms with van der Waals surface area (Å²) in [4.78, 5) is 0. The molecular weight excluding hydrogens is 504 g/mol. The first-order valence-corrected chi connectivity index (χ1v) is 15.5. The summed E-state index contributed by atoms with van der Waals surface area (Å²) in [5.74, 6) is 0.933. The number of fused-ring (bicyclic) bond motifs is 3. The van der Waals surface area contributed by atoms with Gasteiger partial charge in [-0.25, -0.2) is 0 Å². The second-order valence-electron chi connectivity index (χ2n) is 12.6. The molecule has 0 aromatic heterocycles. The molecule has 1 aliphatic carbocycles. The van der Waals surface area contributed by atoms with Crippen molar-refractivity contribution in [2.45, 2.75) is 75.8 Å². The Morgan fingerprint density at radius 2 is 1.75 bits per heavy atom. The molecule has 2 aromatic carbocycles. The third kappa shape index (κ3) is 6.72. The van der Waals surface area contributed by atoms with E-state index in [4.69, 9.17) is 4.74 Å². The lowest BCUT2D eigenvalue weighted by Crippen LogP contribution is -2.64. The lowest BCUT2D eigenvalue weighted by atomic mass is 9.80. The van der Waals surface area contributed by atoms with Crippen molar-refractivity contribution in [2.75, 3.05) is 45.9 Å². The molecule has 5 N–H and O–H groups in total. The van der Waals surface area contributed by atoms with E-state index in [9.17, 15) is 20.4 Å². The molecule has 2 aromatic rings. The highest BCUT2D eigenvalue weighted by atomic mass is 16.5. The van der Waals surface area contributed by atoms with E-state index in [0.29, 0.717) is 30.2 Å². The largest absolute Gasteiger partial charge is 0.508 e. The van der Waals surface area contributed by atoms with Crippen LogP contribution in [0.1, 0.15) is 74.2 Å². The fraction of sp³-hybridized carbons (Fsp3) is 0.636. The number of benzene rings is 2. The van der Waals surface area contributed by atoms with Gasteiger partial charge < -0.3 is 35.0 Å². The Kier molecular flexibility index (Phi) is 9.82. The Hall–Kier alpha value is -2.00. The van der Waals surface area contributed by atoms with Gasteiger partial charge in [-0.3, -0.25) is 0 Å². The lowest BCUT2D eigenvalue weighted by molar-refractivity contribution is -0.946. The fourth-order valence-electron chi connectivity index (χ4n) is 7.52. The Morgan fingerprint density at radius 1 is 1.00 bits per heavy atom. The number of hydrogen-bond acceptors (Lipinski definition) is 6. The highest BCUT2D eigenvalue weighted by molar-refractivity contribution is 5.36. The van der Waals surface area contributed by atoms with Crippen LogP contribution >= 0.6 is 0 Å². The topological polar surface area (TPSA) is 102 Å². The summed E-state index contributed by atoms with van der Waals surface area (Å²) in [5.41, 5.74) is 1.23. The Balaban J connectivity index is 1.08. The minimum Gasteiger partial charge on any atom is -0.508 e. The van der Waals surface area contributed by atoms with Gasteiger partial charge in [0, 0.05) is 30.9 Å². The molecule has 4 aliphatic rings. The van der Waals surface area contributed by atoms with Crippen LogP contribution < -0.4 is 5.32 Å². The molecule has 1 saturated carbocycles. The van der Waals surface area contributed by atoms with Crippen LogP contribution in [-0.4, -0.2) is 76.9 Å². The summed E-state index contributed by atoms with van der Waals surface area (Å²) in [5, 5.41) is 44.9. The molecule has 3 saturated heterocycles. The number of nitrogens with one attached hydrogen (secondary N) is 1. The minimum absolute atomic E-state index is 0.0500. The van der Waals surface area contributed by atoms with Gasteiger partial charge in [0.2, 0.25) is 0 Å². The number of piperidine rings is 3. The number of rotatable bonds is 14. The van der Waals surface area contributed by atoms with Crippen molar-refractivity contribution in [3.63, 3.8) is 0 Å². The summed E-state index contributed by atoms with van der Waals surface area (Å²) in [6, 6.07) is 15.1. The summed E-state index contributed by atoms with van der Waals surface area (Å²) < 4.78 is 7.81. The van der Waals surface area contributed by atoms with E-state index >= 15 is 0 Å². The number of aromatic hydroxyl groups is 1. The zero-order chi connectivity index (χ0) is 28.0. The van der Waals surface area contributed by atoms with Gasteiger partial charge in [-0.1, -0.05) is 49.2 Å².